The van der Waals surface area contributed by atoms with E-state index in [1.54, 1.807) is 4.90 Å². The minimum atomic E-state index is -4.38. The Labute approximate surface area is 172 Å². The van der Waals surface area contributed by atoms with Gasteiger partial charge in [0.05, 0.1) is 11.6 Å². The van der Waals surface area contributed by atoms with Gasteiger partial charge in [-0.05, 0) is 33.6 Å². The van der Waals surface area contributed by atoms with E-state index in [1.165, 1.54) is 12.5 Å². The number of anilines is 1. The first-order valence-electron chi connectivity index (χ1n) is 9.91. The van der Waals surface area contributed by atoms with Crippen LogP contribution >= 0.6 is 0 Å². The molecule has 4 heterocycles. The number of alkyl halides is 3. The van der Waals surface area contributed by atoms with E-state index in [0.29, 0.717) is 37.4 Å². The van der Waals surface area contributed by atoms with Gasteiger partial charge in [0.2, 0.25) is 0 Å². The highest BCUT2D eigenvalue weighted by Gasteiger charge is 2.46. The van der Waals surface area contributed by atoms with Crippen molar-refractivity contribution >= 4 is 22.9 Å². The second-order valence-corrected chi connectivity index (χ2v) is 9.18. The Balaban J connectivity index is 1.50. The SMILES string of the molecule is CC(C)(C)OC(=O)N1CCC2(CCN(c3ncnc4c3cnn4CC(F)(F)F)C2)C1. The molecule has 2 saturated heterocycles. The van der Waals surface area contributed by atoms with E-state index in [2.05, 4.69) is 20.0 Å². The number of hydrogen-bond donors (Lipinski definition) is 0. The molecule has 0 aromatic carbocycles. The molecule has 11 heteroatoms. The molecule has 8 nitrogen and oxygen atoms in total. The first-order valence-corrected chi connectivity index (χ1v) is 9.91. The summed E-state index contributed by atoms with van der Waals surface area (Å²) in [6.45, 7) is 6.93. The van der Waals surface area contributed by atoms with E-state index in [1.807, 2.05) is 20.8 Å². The molecule has 4 rings (SSSR count). The molecule has 30 heavy (non-hydrogen) atoms. The van der Waals surface area contributed by atoms with Gasteiger partial charge >= 0.3 is 12.3 Å². The molecule has 0 bridgehead atoms. The number of aromatic nitrogens is 4. The molecule has 0 aliphatic carbocycles. The number of fused-ring (bicyclic) bond motifs is 1. The Morgan fingerprint density at radius 2 is 1.90 bits per heavy atom. The van der Waals surface area contributed by atoms with Crippen molar-refractivity contribution in [3.8, 4) is 0 Å². The Morgan fingerprint density at radius 3 is 2.60 bits per heavy atom. The molecule has 2 aromatic heterocycles. The molecule has 1 unspecified atom stereocenters. The zero-order valence-electron chi connectivity index (χ0n) is 17.2. The Morgan fingerprint density at radius 1 is 1.17 bits per heavy atom. The van der Waals surface area contributed by atoms with Crippen LogP contribution in [-0.2, 0) is 11.3 Å². The molecule has 0 saturated carbocycles. The molecule has 2 fully saturated rings. The summed E-state index contributed by atoms with van der Waals surface area (Å²) in [5.74, 6) is 0.584. The van der Waals surface area contributed by atoms with Crippen molar-refractivity contribution in [2.45, 2.75) is 51.9 Å². The van der Waals surface area contributed by atoms with E-state index in [0.717, 1.165) is 17.5 Å². The van der Waals surface area contributed by atoms with Crippen molar-refractivity contribution < 1.29 is 22.7 Å². The normalized spacial score (nSPS) is 22.5. The minimum absolute atomic E-state index is 0.0733. The summed E-state index contributed by atoms with van der Waals surface area (Å²) in [5.41, 5.74) is -0.450. The van der Waals surface area contributed by atoms with E-state index in [-0.39, 0.29) is 17.2 Å². The molecule has 1 amide bonds. The number of amides is 1. The second-order valence-electron chi connectivity index (χ2n) is 9.18. The van der Waals surface area contributed by atoms with E-state index >= 15 is 0 Å². The predicted molar refractivity (Wildman–Crippen MR) is 103 cm³/mol. The molecule has 1 spiro atoms. The van der Waals surface area contributed by atoms with Crippen LogP contribution in [0, 0.1) is 5.41 Å². The molecular formula is C19H25F3N6O2. The quantitative estimate of drug-likeness (QED) is 0.734. The average Bonchev–Trinajstić information content (AvgIpc) is 3.33. The summed E-state index contributed by atoms with van der Waals surface area (Å²) >= 11 is 0. The molecule has 2 aromatic rings. The van der Waals surface area contributed by atoms with Gasteiger partial charge < -0.3 is 14.5 Å². The van der Waals surface area contributed by atoms with Crippen LogP contribution in [0.2, 0.25) is 0 Å². The Hall–Kier alpha value is -2.59. The van der Waals surface area contributed by atoms with Gasteiger partial charge in [-0.25, -0.2) is 19.4 Å². The molecule has 1 atom stereocenters. The van der Waals surface area contributed by atoms with E-state index in [4.69, 9.17) is 4.74 Å². The van der Waals surface area contributed by atoms with Crippen LogP contribution in [-0.4, -0.2) is 68.7 Å². The lowest BCUT2D eigenvalue weighted by atomic mass is 9.86. The topological polar surface area (TPSA) is 76.4 Å². The molecule has 0 N–H and O–H groups in total. The smallest absolute Gasteiger partial charge is 0.410 e. The van der Waals surface area contributed by atoms with Gasteiger partial charge in [-0.2, -0.15) is 18.3 Å². The highest BCUT2D eigenvalue weighted by molar-refractivity contribution is 5.86. The lowest BCUT2D eigenvalue weighted by Crippen LogP contribution is -2.37. The zero-order valence-corrected chi connectivity index (χ0v) is 17.2. The number of rotatable bonds is 2. The Bertz CT molecular complexity index is 954. The summed E-state index contributed by atoms with van der Waals surface area (Å²) in [6.07, 6.45) is -0.298. The van der Waals surface area contributed by atoms with Crippen LogP contribution < -0.4 is 4.90 Å². The van der Waals surface area contributed by atoms with Gasteiger partial charge in [-0.3, -0.25) is 0 Å². The number of likely N-dealkylation sites (tertiary alicyclic amines) is 1. The van der Waals surface area contributed by atoms with Gasteiger partial charge in [0.25, 0.3) is 0 Å². The van der Waals surface area contributed by atoms with Crippen LogP contribution in [0.5, 0.6) is 0 Å². The number of carbonyl (C=O) groups is 1. The average molecular weight is 426 g/mol. The van der Waals surface area contributed by atoms with E-state index in [9.17, 15) is 18.0 Å². The third-order valence-electron chi connectivity index (χ3n) is 5.57. The molecular weight excluding hydrogens is 401 g/mol. The second kappa shape index (κ2) is 6.98. The van der Waals surface area contributed by atoms with Gasteiger partial charge in [-0.1, -0.05) is 0 Å². The maximum absolute atomic E-state index is 12.8. The number of nitrogens with zero attached hydrogens (tertiary/aromatic N) is 6. The number of halogens is 3. The van der Waals surface area contributed by atoms with Crippen LogP contribution in [0.4, 0.5) is 23.8 Å². The fourth-order valence-corrected chi connectivity index (χ4v) is 4.28. The number of hydrogen-bond acceptors (Lipinski definition) is 6. The van der Waals surface area contributed by atoms with Crippen LogP contribution in [0.25, 0.3) is 11.0 Å². The summed E-state index contributed by atoms with van der Waals surface area (Å²) in [6, 6.07) is 0. The fourth-order valence-electron chi connectivity index (χ4n) is 4.28. The lowest BCUT2D eigenvalue weighted by molar-refractivity contribution is -0.141. The minimum Gasteiger partial charge on any atom is -0.444 e. The van der Waals surface area contributed by atoms with Crippen molar-refractivity contribution in [1.82, 2.24) is 24.6 Å². The van der Waals surface area contributed by atoms with Gasteiger partial charge in [0, 0.05) is 31.6 Å². The van der Waals surface area contributed by atoms with Crippen molar-refractivity contribution in [3.05, 3.63) is 12.5 Å². The summed E-state index contributed by atoms with van der Waals surface area (Å²) < 4.78 is 44.7. The third kappa shape index (κ3) is 4.15. The van der Waals surface area contributed by atoms with Crippen molar-refractivity contribution in [2.75, 3.05) is 31.1 Å². The first kappa shape index (κ1) is 20.7. The summed E-state index contributed by atoms with van der Waals surface area (Å²) in [4.78, 5) is 24.6. The van der Waals surface area contributed by atoms with E-state index < -0.39 is 18.3 Å². The number of carbonyl (C=O) groups excluding carboxylic acids is 1. The molecule has 2 aliphatic heterocycles. The molecule has 2 aliphatic rings. The maximum atomic E-state index is 12.8. The van der Waals surface area contributed by atoms with Crippen molar-refractivity contribution in [3.63, 3.8) is 0 Å². The largest absolute Gasteiger partial charge is 0.444 e. The maximum Gasteiger partial charge on any atom is 0.410 e. The Kier molecular flexibility index (Phi) is 4.81. The fraction of sp³-hybridized carbons (Fsp3) is 0.684. The standard InChI is InChI=1S/C19H25F3N6O2/c1-17(2,3)30-16(29)27-7-5-18(10-27)4-6-26(9-18)14-13-8-25-28(11-19(20,21)22)15(13)24-12-23-14/h8,12H,4-7,9-11H2,1-3H3. The highest BCUT2D eigenvalue weighted by atomic mass is 19.4. The lowest BCUT2D eigenvalue weighted by Gasteiger charge is -2.27. The predicted octanol–water partition coefficient (Wildman–Crippen LogP) is 3.23. The number of ether oxygens (including phenoxy) is 1. The third-order valence-corrected chi connectivity index (χ3v) is 5.57. The van der Waals surface area contributed by atoms with Crippen LogP contribution in [0.15, 0.2) is 12.5 Å². The van der Waals surface area contributed by atoms with Crippen molar-refractivity contribution in [2.24, 2.45) is 5.41 Å². The summed E-state index contributed by atoms with van der Waals surface area (Å²) in [5, 5.41) is 4.37. The molecule has 0 radical (unpaired) electrons. The van der Waals surface area contributed by atoms with Gasteiger partial charge in [0.1, 0.15) is 24.3 Å². The van der Waals surface area contributed by atoms with Gasteiger partial charge in [0.15, 0.2) is 5.65 Å². The molecule has 164 valence electrons. The monoisotopic (exact) mass is 426 g/mol. The first-order chi connectivity index (χ1) is 13.9. The van der Waals surface area contributed by atoms with Gasteiger partial charge in [-0.15, -0.1) is 0 Å². The van der Waals surface area contributed by atoms with Crippen LogP contribution in [0.3, 0.4) is 0 Å². The van der Waals surface area contributed by atoms with Crippen LogP contribution in [0.1, 0.15) is 33.6 Å². The zero-order chi connectivity index (χ0) is 21.7. The highest BCUT2D eigenvalue weighted by Crippen LogP contribution is 2.42. The van der Waals surface area contributed by atoms with Crippen molar-refractivity contribution in [1.29, 1.82) is 0 Å². The summed E-state index contributed by atoms with van der Waals surface area (Å²) in [7, 11) is 0.